The van der Waals surface area contributed by atoms with Crippen molar-refractivity contribution in [1.29, 1.82) is 0 Å². The number of benzene rings is 1. The summed E-state index contributed by atoms with van der Waals surface area (Å²) in [5.41, 5.74) is 1.14. The molecule has 6 nitrogen and oxygen atoms in total. The maximum Gasteiger partial charge on any atom is 0.283 e. The minimum atomic E-state index is 0.197. The van der Waals surface area contributed by atoms with Gasteiger partial charge in [-0.15, -0.1) is 10.2 Å². The predicted molar refractivity (Wildman–Crippen MR) is 81.7 cm³/mol. The molecular weight excluding hydrogens is 296 g/mol. The highest BCUT2D eigenvalue weighted by atomic mass is 16.5. The van der Waals surface area contributed by atoms with E-state index in [0.29, 0.717) is 30.6 Å². The van der Waals surface area contributed by atoms with Crippen LogP contribution in [-0.4, -0.2) is 23.9 Å². The molecule has 1 unspecified atom stereocenters. The smallest absolute Gasteiger partial charge is 0.283 e. The largest absolute Gasteiger partial charge is 0.497 e. The Hall–Kier alpha value is -2.76. The second-order valence-corrected chi connectivity index (χ2v) is 5.53. The molecule has 6 heteroatoms. The summed E-state index contributed by atoms with van der Waals surface area (Å²) in [6.07, 6.45) is 0.631. The van der Waals surface area contributed by atoms with Crippen molar-refractivity contribution in [3.05, 3.63) is 47.5 Å². The lowest BCUT2D eigenvalue weighted by Gasteiger charge is -2.06. The summed E-state index contributed by atoms with van der Waals surface area (Å²) in [5, 5.41) is 8.17. The highest BCUT2D eigenvalue weighted by Gasteiger charge is 2.27. The van der Waals surface area contributed by atoms with Gasteiger partial charge in [-0.05, 0) is 25.1 Å². The fourth-order valence-electron chi connectivity index (χ4n) is 2.75. The lowest BCUT2D eigenvalue weighted by Crippen LogP contribution is -2.04. The molecule has 1 aliphatic heterocycles. The third-order valence-corrected chi connectivity index (χ3v) is 3.94. The van der Waals surface area contributed by atoms with Gasteiger partial charge in [-0.3, -0.25) is 0 Å². The van der Waals surface area contributed by atoms with Gasteiger partial charge in [0.05, 0.1) is 13.7 Å². The molecule has 118 valence electrons. The molecule has 0 saturated carbocycles. The van der Waals surface area contributed by atoms with Crippen LogP contribution in [0.15, 0.2) is 39.2 Å². The number of ether oxygens (including phenoxy) is 2. The summed E-state index contributed by atoms with van der Waals surface area (Å²) < 4.78 is 22.2. The summed E-state index contributed by atoms with van der Waals surface area (Å²) in [4.78, 5) is 0. The Morgan fingerprint density at radius 1 is 1.17 bits per heavy atom. The van der Waals surface area contributed by atoms with Crippen LogP contribution in [0.25, 0.3) is 11.7 Å². The van der Waals surface area contributed by atoms with Gasteiger partial charge < -0.3 is 18.3 Å². The first-order valence-electron chi connectivity index (χ1n) is 7.43. The van der Waals surface area contributed by atoms with Crippen LogP contribution in [0.5, 0.6) is 11.5 Å². The van der Waals surface area contributed by atoms with Crippen LogP contribution in [-0.2, 0) is 6.42 Å². The molecule has 1 atom stereocenters. The molecule has 0 bridgehead atoms. The second-order valence-electron chi connectivity index (χ2n) is 5.53. The summed E-state index contributed by atoms with van der Waals surface area (Å²) in [6, 6.07) is 9.56. The predicted octanol–water partition coefficient (Wildman–Crippen LogP) is 3.37. The Labute approximate surface area is 133 Å². The number of hydrogen-bond acceptors (Lipinski definition) is 6. The quantitative estimate of drug-likeness (QED) is 0.735. The normalized spacial score (nSPS) is 16.2. The van der Waals surface area contributed by atoms with Crippen molar-refractivity contribution >= 4 is 0 Å². The van der Waals surface area contributed by atoms with E-state index in [2.05, 4.69) is 10.2 Å². The number of fused-ring (bicyclic) bond motifs is 1. The maximum atomic E-state index is 5.73. The first kappa shape index (κ1) is 13.9. The van der Waals surface area contributed by atoms with Crippen molar-refractivity contribution in [2.45, 2.75) is 19.3 Å². The highest BCUT2D eigenvalue weighted by molar-refractivity contribution is 5.46. The van der Waals surface area contributed by atoms with Gasteiger partial charge in [0.2, 0.25) is 5.89 Å². The van der Waals surface area contributed by atoms with E-state index in [1.54, 1.807) is 7.11 Å². The SMILES string of the molecule is COc1ccc2c(c1)OCC2Cc1nnc(-c2ccc(C)o2)o1. The Morgan fingerprint density at radius 3 is 2.87 bits per heavy atom. The van der Waals surface area contributed by atoms with Gasteiger partial charge in [-0.1, -0.05) is 6.07 Å². The summed E-state index contributed by atoms with van der Waals surface area (Å²) in [7, 11) is 1.64. The van der Waals surface area contributed by atoms with E-state index in [9.17, 15) is 0 Å². The van der Waals surface area contributed by atoms with Crippen LogP contribution in [0.2, 0.25) is 0 Å². The minimum absolute atomic E-state index is 0.197. The molecule has 3 heterocycles. The Kier molecular flexibility index (Phi) is 3.29. The molecule has 0 saturated heterocycles. The molecular formula is C17H16N2O4. The number of nitrogens with zero attached hydrogens (tertiary/aromatic N) is 2. The molecule has 1 aromatic carbocycles. The van der Waals surface area contributed by atoms with E-state index in [-0.39, 0.29) is 5.92 Å². The first-order valence-corrected chi connectivity index (χ1v) is 7.43. The van der Waals surface area contributed by atoms with Gasteiger partial charge in [-0.2, -0.15) is 0 Å². The van der Waals surface area contributed by atoms with Gasteiger partial charge in [0.15, 0.2) is 5.76 Å². The number of hydrogen-bond donors (Lipinski definition) is 0. The molecule has 0 spiro atoms. The van der Waals surface area contributed by atoms with Gasteiger partial charge >= 0.3 is 0 Å². The Balaban J connectivity index is 1.53. The number of methoxy groups -OCH3 is 1. The summed E-state index contributed by atoms with van der Waals surface area (Å²) in [6.45, 7) is 2.47. The third-order valence-electron chi connectivity index (χ3n) is 3.94. The third kappa shape index (κ3) is 2.56. The molecule has 0 amide bonds. The molecule has 3 aromatic rings. The van der Waals surface area contributed by atoms with E-state index in [4.69, 9.17) is 18.3 Å². The zero-order valence-corrected chi connectivity index (χ0v) is 12.9. The fourth-order valence-corrected chi connectivity index (χ4v) is 2.75. The highest BCUT2D eigenvalue weighted by Crippen LogP contribution is 2.38. The summed E-state index contributed by atoms with van der Waals surface area (Å²) in [5.74, 6) is 4.23. The molecule has 0 fully saturated rings. The minimum Gasteiger partial charge on any atom is -0.497 e. The lowest BCUT2D eigenvalue weighted by molar-refractivity contribution is 0.320. The second kappa shape index (κ2) is 5.46. The fraction of sp³-hybridized carbons (Fsp3) is 0.294. The zero-order chi connectivity index (χ0) is 15.8. The number of furan rings is 1. The van der Waals surface area contributed by atoms with Crippen molar-refractivity contribution in [2.75, 3.05) is 13.7 Å². The van der Waals surface area contributed by atoms with Crippen LogP contribution >= 0.6 is 0 Å². The zero-order valence-electron chi connectivity index (χ0n) is 12.9. The van der Waals surface area contributed by atoms with Crippen LogP contribution in [0.4, 0.5) is 0 Å². The van der Waals surface area contributed by atoms with Crippen LogP contribution < -0.4 is 9.47 Å². The lowest BCUT2D eigenvalue weighted by atomic mass is 9.98. The summed E-state index contributed by atoms with van der Waals surface area (Å²) >= 11 is 0. The number of aryl methyl sites for hydroxylation is 1. The van der Waals surface area contributed by atoms with Crippen molar-refractivity contribution in [3.8, 4) is 23.1 Å². The van der Waals surface area contributed by atoms with Gasteiger partial charge in [0.25, 0.3) is 5.89 Å². The Bertz CT molecular complexity index is 837. The number of aromatic nitrogens is 2. The average molecular weight is 312 g/mol. The molecule has 0 aliphatic carbocycles. The van der Waals surface area contributed by atoms with E-state index < -0.39 is 0 Å². The van der Waals surface area contributed by atoms with E-state index in [1.165, 1.54) is 0 Å². The van der Waals surface area contributed by atoms with Crippen molar-refractivity contribution in [1.82, 2.24) is 10.2 Å². The maximum absolute atomic E-state index is 5.73. The van der Waals surface area contributed by atoms with Crippen molar-refractivity contribution in [3.63, 3.8) is 0 Å². The molecule has 4 rings (SSSR count). The Morgan fingerprint density at radius 2 is 2.09 bits per heavy atom. The van der Waals surface area contributed by atoms with E-state index >= 15 is 0 Å². The topological polar surface area (TPSA) is 70.5 Å². The van der Waals surface area contributed by atoms with E-state index in [0.717, 1.165) is 22.8 Å². The standard InChI is InChI=1S/C17H16N2O4/c1-10-3-6-14(22-10)17-19-18-16(23-17)7-11-9-21-15-8-12(20-2)4-5-13(11)15/h3-6,8,11H,7,9H2,1-2H3. The molecule has 0 radical (unpaired) electrons. The molecule has 2 aromatic heterocycles. The number of rotatable bonds is 4. The van der Waals surface area contributed by atoms with Crippen molar-refractivity contribution < 1.29 is 18.3 Å². The molecule has 23 heavy (non-hydrogen) atoms. The van der Waals surface area contributed by atoms with Gasteiger partial charge in [-0.25, -0.2) is 0 Å². The van der Waals surface area contributed by atoms with Crippen molar-refractivity contribution in [2.24, 2.45) is 0 Å². The molecule has 0 N–H and O–H groups in total. The van der Waals surface area contributed by atoms with Gasteiger partial charge in [0.1, 0.15) is 17.3 Å². The monoisotopic (exact) mass is 312 g/mol. The van der Waals surface area contributed by atoms with Gasteiger partial charge in [0, 0.05) is 24.0 Å². The molecule has 1 aliphatic rings. The van der Waals surface area contributed by atoms with Crippen LogP contribution in [0.1, 0.15) is 23.1 Å². The van der Waals surface area contributed by atoms with Crippen LogP contribution in [0, 0.1) is 6.92 Å². The van der Waals surface area contributed by atoms with E-state index in [1.807, 2.05) is 37.3 Å². The van der Waals surface area contributed by atoms with Crippen LogP contribution in [0.3, 0.4) is 0 Å². The first-order chi connectivity index (χ1) is 11.2. The average Bonchev–Trinajstić information content (AvgIpc) is 3.28.